The lowest BCUT2D eigenvalue weighted by Gasteiger charge is -2.41. The van der Waals surface area contributed by atoms with Crippen molar-refractivity contribution in [3.05, 3.63) is 36.5 Å². The average Bonchev–Trinajstić information content (AvgIpc) is 3.24. The van der Waals surface area contributed by atoms with Crippen LogP contribution in [0.2, 0.25) is 0 Å². The lowest BCUT2D eigenvalue weighted by molar-refractivity contribution is -0.298. The fourth-order valence-electron chi connectivity index (χ4n) is 7.61. The topological polar surface area (TPSA) is 212 Å². The maximum Gasteiger partial charge on any atom is 0.397 e. The Morgan fingerprint density at radius 2 is 1.08 bits per heavy atom. The summed E-state index contributed by atoms with van der Waals surface area (Å²) in [4.78, 5) is 13.1. The Morgan fingerprint density at radius 3 is 1.55 bits per heavy atom. The van der Waals surface area contributed by atoms with Crippen molar-refractivity contribution in [3.63, 3.8) is 0 Å². The Balaban J connectivity index is 2.57. The number of amides is 1. The van der Waals surface area contributed by atoms with Gasteiger partial charge < -0.3 is 40.3 Å². The molecule has 1 aliphatic rings. The molecule has 62 heavy (non-hydrogen) atoms. The van der Waals surface area contributed by atoms with Crippen LogP contribution in [-0.4, -0.2) is 107 Å². The first-order valence-electron chi connectivity index (χ1n) is 24.5. The van der Waals surface area contributed by atoms with E-state index in [0.717, 1.165) is 44.9 Å². The van der Waals surface area contributed by atoms with E-state index in [1.165, 1.54) is 128 Å². The van der Waals surface area contributed by atoms with E-state index in [4.69, 9.17) is 9.47 Å². The van der Waals surface area contributed by atoms with Crippen molar-refractivity contribution in [2.45, 2.75) is 249 Å². The van der Waals surface area contributed by atoms with Crippen LogP contribution in [0.5, 0.6) is 0 Å². The summed E-state index contributed by atoms with van der Waals surface area (Å²) in [6.07, 6.45) is 33.7. The minimum absolute atomic E-state index is 0.237. The number of rotatable bonds is 41. The molecule has 0 saturated carbocycles. The lowest BCUT2D eigenvalue weighted by atomic mass is 9.99. The van der Waals surface area contributed by atoms with Crippen molar-refractivity contribution in [3.8, 4) is 0 Å². The quantitative estimate of drug-likeness (QED) is 0.0174. The van der Waals surface area contributed by atoms with Gasteiger partial charge in [0.05, 0.1) is 25.4 Å². The highest BCUT2D eigenvalue weighted by atomic mass is 32.3. The third-order valence-corrected chi connectivity index (χ3v) is 12.0. The van der Waals surface area contributed by atoms with E-state index in [-0.39, 0.29) is 6.42 Å². The van der Waals surface area contributed by atoms with Crippen LogP contribution in [-0.2, 0) is 28.9 Å². The second-order valence-electron chi connectivity index (χ2n) is 17.2. The van der Waals surface area contributed by atoms with Crippen LogP contribution in [0.4, 0.5) is 0 Å². The molecule has 0 bridgehead atoms. The minimum Gasteiger partial charge on any atom is -0.394 e. The van der Waals surface area contributed by atoms with Gasteiger partial charge in [0.25, 0.3) is 0 Å². The van der Waals surface area contributed by atoms with Crippen LogP contribution < -0.4 is 5.32 Å². The molecule has 8 atom stereocenters. The molecule has 0 radical (unpaired) electrons. The van der Waals surface area contributed by atoms with Crippen molar-refractivity contribution in [2.24, 2.45) is 0 Å². The number of unbranched alkanes of at least 4 members (excludes halogenated alkanes) is 24. The summed E-state index contributed by atoms with van der Waals surface area (Å²) in [6, 6.07) is -1.14. The molecule has 13 nitrogen and oxygen atoms in total. The highest BCUT2D eigenvalue weighted by Gasteiger charge is 2.48. The maximum atomic E-state index is 13.1. The van der Waals surface area contributed by atoms with Gasteiger partial charge in [-0.3, -0.25) is 9.35 Å². The summed E-state index contributed by atoms with van der Waals surface area (Å²) >= 11 is 0. The van der Waals surface area contributed by atoms with Crippen molar-refractivity contribution in [2.75, 3.05) is 13.2 Å². The van der Waals surface area contributed by atoms with Crippen molar-refractivity contribution in [1.29, 1.82) is 0 Å². The summed E-state index contributed by atoms with van der Waals surface area (Å²) in [5, 5.41) is 55.2. The Morgan fingerprint density at radius 1 is 0.645 bits per heavy atom. The van der Waals surface area contributed by atoms with Crippen LogP contribution in [0.3, 0.4) is 0 Å². The van der Waals surface area contributed by atoms with Gasteiger partial charge in [0, 0.05) is 0 Å². The lowest BCUT2D eigenvalue weighted by Crippen LogP contribution is -2.61. The van der Waals surface area contributed by atoms with Gasteiger partial charge >= 0.3 is 10.4 Å². The van der Waals surface area contributed by atoms with Gasteiger partial charge in [0.15, 0.2) is 6.29 Å². The number of hydrogen-bond acceptors (Lipinski definition) is 11. The van der Waals surface area contributed by atoms with Gasteiger partial charge in [-0.25, -0.2) is 4.18 Å². The molecule has 0 aliphatic carbocycles. The van der Waals surface area contributed by atoms with E-state index in [1.54, 1.807) is 6.08 Å². The molecule has 364 valence electrons. The average molecular weight is 904 g/mol. The number of nitrogens with one attached hydrogen (secondary N) is 1. The van der Waals surface area contributed by atoms with Crippen LogP contribution in [0.25, 0.3) is 0 Å². The van der Waals surface area contributed by atoms with E-state index in [2.05, 4.69) is 47.7 Å². The molecular formula is C48H89NO12S. The Hall–Kier alpha value is -1.72. The summed E-state index contributed by atoms with van der Waals surface area (Å²) in [6.45, 7) is 3.19. The van der Waals surface area contributed by atoms with E-state index < -0.39 is 78.5 Å². The molecule has 0 spiro atoms. The third kappa shape index (κ3) is 30.4. The molecule has 8 unspecified atom stereocenters. The predicted octanol–water partition coefficient (Wildman–Crippen LogP) is 8.86. The number of allylic oxidation sites excluding steroid dienone is 5. The van der Waals surface area contributed by atoms with Gasteiger partial charge in [0.2, 0.25) is 5.91 Å². The molecule has 0 aromatic carbocycles. The van der Waals surface area contributed by atoms with E-state index in [0.29, 0.717) is 12.8 Å². The summed E-state index contributed by atoms with van der Waals surface area (Å²) < 4.78 is 47.5. The SMILES string of the molecule is CCCCCCC/C=C/CC/C=C/CC/C=C/C(O)C(COC1OC(CO)C(O)C(OS(=O)(=O)O)C1O)NC(=O)C(O)CCCCCCCCCCCCCCCCCCCC. The first-order chi connectivity index (χ1) is 29.9. The summed E-state index contributed by atoms with van der Waals surface area (Å²) in [5.41, 5.74) is 0. The zero-order chi connectivity index (χ0) is 45.7. The molecule has 1 saturated heterocycles. The normalized spacial score (nSPS) is 21.3. The minimum atomic E-state index is -5.12. The highest BCUT2D eigenvalue weighted by Crippen LogP contribution is 2.26. The van der Waals surface area contributed by atoms with Crippen LogP contribution >= 0.6 is 0 Å². The van der Waals surface area contributed by atoms with Crippen molar-refractivity contribution < 1.29 is 57.0 Å². The summed E-state index contributed by atoms with van der Waals surface area (Å²) in [5.74, 6) is -0.715. The van der Waals surface area contributed by atoms with E-state index >= 15 is 0 Å². The maximum absolute atomic E-state index is 13.1. The van der Waals surface area contributed by atoms with Gasteiger partial charge in [-0.05, 0) is 44.9 Å². The van der Waals surface area contributed by atoms with Gasteiger partial charge in [-0.1, -0.05) is 192 Å². The first kappa shape index (κ1) is 58.3. The van der Waals surface area contributed by atoms with Crippen LogP contribution in [0.15, 0.2) is 36.5 Å². The molecule has 1 heterocycles. The summed E-state index contributed by atoms with van der Waals surface area (Å²) in [7, 11) is -5.12. The molecule has 0 aromatic rings. The fraction of sp³-hybridized carbons (Fsp3) is 0.854. The molecule has 7 N–H and O–H groups in total. The Kier molecular flexibility index (Phi) is 36.2. The second-order valence-corrected chi connectivity index (χ2v) is 18.2. The van der Waals surface area contributed by atoms with E-state index in [1.807, 2.05) is 0 Å². The molecule has 1 fully saturated rings. The monoisotopic (exact) mass is 904 g/mol. The Labute approximate surface area is 376 Å². The van der Waals surface area contributed by atoms with Crippen molar-refractivity contribution in [1.82, 2.24) is 5.32 Å². The van der Waals surface area contributed by atoms with Gasteiger partial charge in [-0.15, -0.1) is 0 Å². The van der Waals surface area contributed by atoms with Gasteiger partial charge in [0.1, 0.15) is 30.5 Å². The number of aliphatic hydroxyl groups excluding tert-OH is 5. The van der Waals surface area contributed by atoms with Crippen molar-refractivity contribution >= 4 is 16.3 Å². The van der Waals surface area contributed by atoms with E-state index in [9.17, 15) is 43.3 Å². The zero-order valence-electron chi connectivity index (χ0n) is 38.5. The van der Waals surface area contributed by atoms with Crippen LogP contribution in [0.1, 0.15) is 200 Å². The molecule has 0 aromatic heterocycles. The van der Waals surface area contributed by atoms with Gasteiger partial charge in [-0.2, -0.15) is 8.42 Å². The number of carbonyl (C=O) groups is 1. The molecule has 1 aliphatic heterocycles. The number of aliphatic hydroxyl groups is 5. The molecule has 14 heteroatoms. The highest BCUT2D eigenvalue weighted by molar-refractivity contribution is 7.80. The molecule has 1 amide bonds. The van der Waals surface area contributed by atoms with Crippen LogP contribution in [0, 0.1) is 0 Å². The number of ether oxygens (including phenoxy) is 2. The first-order valence-corrected chi connectivity index (χ1v) is 25.8. The fourth-order valence-corrected chi connectivity index (χ4v) is 8.12. The standard InChI is InChI=1S/C48H89NO12S/c1-3-5-7-9-11-13-15-17-19-20-21-23-25-27-29-31-33-35-37-42(52)47(55)49-40(39-59-48-45(54)46(61-62(56,57)58)44(53)43(38-50)60-48)41(51)36-34-32-30-28-26-24-22-18-16-14-12-10-8-6-4-2/h16,18,26,28,34,36,40-46,48,50-54H,3-15,17,19-25,27,29-33,35,37-39H2,1-2H3,(H,49,55)(H,56,57,58)/b18-16+,28-26+,36-34+. The number of hydrogen-bond donors (Lipinski definition) is 7. The predicted molar refractivity (Wildman–Crippen MR) is 247 cm³/mol. The largest absolute Gasteiger partial charge is 0.397 e. The molecular weight excluding hydrogens is 815 g/mol. The third-order valence-electron chi connectivity index (χ3n) is 11.5. The number of carbonyl (C=O) groups excluding carboxylic acids is 1. The smallest absolute Gasteiger partial charge is 0.394 e. The Bertz CT molecular complexity index is 1260. The second kappa shape index (κ2) is 38.5. The zero-order valence-corrected chi connectivity index (χ0v) is 39.4. The molecule has 1 rings (SSSR count).